The van der Waals surface area contributed by atoms with Gasteiger partial charge in [-0.25, -0.2) is 4.39 Å². The zero-order valence-corrected chi connectivity index (χ0v) is 20.0. The second-order valence-corrected chi connectivity index (χ2v) is 8.78. The number of halogens is 2. The van der Waals surface area contributed by atoms with Crippen molar-refractivity contribution >= 4 is 40.1 Å². The molecule has 3 aromatic carbocycles. The quantitative estimate of drug-likeness (QED) is 0.340. The van der Waals surface area contributed by atoms with Gasteiger partial charge in [0.05, 0.1) is 16.6 Å². The molecule has 0 saturated heterocycles. The van der Waals surface area contributed by atoms with Gasteiger partial charge in [-0.05, 0) is 36.1 Å². The van der Waals surface area contributed by atoms with Crippen molar-refractivity contribution in [3.05, 3.63) is 100 Å². The molecule has 0 radical (unpaired) electrons. The minimum Gasteiger partial charge on any atom is -0.364 e. The summed E-state index contributed by atoms with van der Waals surface area (Å²) >= 11 is 5.85. The van der Waals surface area contributed by atoms with Gasteiger partial charge in [0.15, 0.2) is 11.5 Å². The molecule has 3 N–H and O–H groups in total. The highest BCUT2D eigenvalue weighted by molar-refractivity contribution is 6.30. The maximum absolute atomic E-state index is 14.3. The van der Waals surface area contributed by atoms with E-state index < -0.39 is 23.7 Å². The molecule has 1 heterocycles. The minimum absolute atomic E-state index is 0.00383. The van der Waals surface area contributed by atoms with Gasteiger partial charge in [0, 0.05) is 11.8 Å². The maximum atomic E-state index is 14.3. The number of hydrogen-bond donors (Lipinski definition) is 2. The van der Waals surface area contributed by atoms with Gasteiger partial charge in [-0.15, -0.1) is 0 Å². The zero-order chi connectivity index (χ0) is 25.7. The summed E-state index contributed by atoms with van der Waals surface area (Å²) in [5.74, 6) is -1.95. The van der Waals surface area contributed by atoms with Gasteiger partial charge in [0.1, 0.15) is 12.4 Å². The number of aromatic nitrogens is 2. The third-order valence-electron chi connectivity index (χ3n) is 5.86. The van der Waals surface area contributed by atoms with Crippen LogP contribution < -0.4 is 11.1 Å². The molecule has 184 valence electrons. The number of aryl methyl sites for hydroxylation is 1. The van der Waals surface area contributed by atoms with E-state index in [1.807, 2.05) is 30.3 Å². The molecule has 7 nitrogen and oxygen atoms in total. The van der Waals surface area contributed by atoms with Gasteiger partial charge in [-0.1, -0.05) is 72.3 Å². The molecule has 0 fully saturated rings. The van der Waals surface area contributed by atoms with E-state index in [4.69, 9.17) is 17.3 Å². The van der Waals surface area contributed by atoms with E-state index >= 15 is 0 Å². The van der Waals surface area contributed by atoms with Crippen molar-refractivity contribution in [2.45, 2.75) is 31.8 Å². The predicted octanol–water partition coefficient (Wildman–Crippen LogP) is 3.86. The summed E-state index contributed by atoms with van der Waals surface area (Å²) in [6.07, 6.45) is 0.444. The Kier molecular flexibility index (Phi) is 7.75. The standard InChI is InChI=1S/C27H24ClFN4O3/c28-20-11-6-9-18(25(20)29)13-14-23(34)21(15-17-7-2-1-3-8-17)31-24(35)16-33-22-12-5-4-10-19(22)26(32-33)27(30)36/h1-12,21H,13-16H2,(H2,30,36)(H,31,35)/t21-/m0/s1. The highest BCUT2D eigenvalue weighted by Gasteiger charge is 2.23. The van der Waals surface area contributed by atoms with Crippen LogP contribution in [0.3, 0.4) is 0 Å². The normalized spacial score (nSPS) is 11.8. The van der Waals surface area contributed by atoms with E-state index in [0.29, 0.717) is 16.5 Å². The first kappa shape index (κ1) is 25.1. The molecule has 0 aliphatic rings. The molecular formula is C27H24ClFN4O3. The Morgan fingerprint density at radius 1 is 1.00 bits per heavy atom. The molecule has 4 aromatic rings. The Morgan fingerprint density at radius 2 is 1.72 bits per heavy atom. The summed E-state index contributed by atoms with van der Waals surface area (Å²) in [6.45, 7) is -0.213. The Labute approximate surface area is 212 Å². The molecule has 1 atom stereocenters. The Morgan fingerprint density at radius 3 is 2.47 bits per heavy atom. The van der Waals surface area contributed by atoms with Gasteiger partial charge in [0.25, 0.3) is 5.91 Å². The summed E-state index contributed by atoms with van der Waals surface area (Å²) in [5, 5.41) is 7.53. The lowest BCUT2D eigenvalue weighted by molar-refractivity contribution is -0.128. The van der Waals surface area contributed by atoms with Gasteiger partial charge >= 0.3 is 0 Å². The van der Waals surface area contributed by atoms with Gasteiger partial charge < -0.3 is 11.1 Å². The lowest BCUT2D eigenvalue weighted by Gasteiger charge is -2.18. The van der Waals surface area contributed by atoms with Crippen LogP contribution in [-0.2, 0) is 29.0 Å². The average molecular weight is 507 g/mol. The fourth-order valence-corrected chi connectivity index (χ4v) is 4.27. The van der Waals surface area contributed by atoms with Gasteiger partial charge in [-0.3, -0.25) is 19.1 Å². The van der Waals surface area contributed by atoms with Crippen molar-refractivity contribution in [3.63, 3.8) is 0 Å². The van der Waals surface area contributed by atoms with Gasteiger partial charge in [-0.2, -0.15) is 5.10 Å². The molecule has 0 saturated carbocycles. The number of Topliss-reactive ketones (excluding diaryl/α,β-unsaturated/α-hetero) is 1. The number of amides is 2. The fourth-order valence-electron chi connectivity index (χ4n) is 4.07. The summed E-state index contributed by atoms with van der Waals surface area (Å²) in [4.78, 5) is 37.9. The van der Waals surface area contributed by atoms with Crippen molar-refractivity contribution in [2.75, 3.05) is 0 Å². The molecule has 1 aromatic heterocycles. The largest absolute Gasteiger partial charge is 0.364 e. The van der Waals surface area contributed by atoms with E-state index in [0.717, 1.165) is 5.56 Å². The van der Waals surface area contributed by atoms with E-state index in [9.17, 15) is 18.8 Å². The average Bonchev–Trinajstić information content (AvgIpc) is 3.23. The second-order valence-electron chi connectivity index (χ2n) is 8.38. The van der Waals surface area contributed by atoms with Crippen LogP contribution in [0, 0.1) is 5.82 Å². The molecule has 9 heteroatoms. The number of fused-ring (bicyclic) bond motifs is 1. The van der Waals surface area contributed by atoms with Crippen LogP contribution in [0.4, 0.5) is 4.39 Å². The van der Waals surface area contributed by atoms with Crippen LogP contribution in [0.5, 0.6) is 0 Å². The van der Waals surface area contributed by atoms with Crippen LogP contribution in [0.2, 0.25) is 5.02 Å². The van der Waals surface area contributed by atoms with Crippen LogP contribution in [0.1, 0.15) is 28.0 Å². The summed E-state index contributed by atoms with van der Waals surface area (Å²) in [5.41, 5.74) is 7.28. The number of primary amides is 1. The van der Waals surface area contributed by atoms with Crippen molar-refractivity contribution in [1.82, 2.24) is 15.1 Å². The molecule has 0 unspecified atom stereocenters. The molecule has 2 amide bonds. The molecule has 36 heavy (non-hydrogen) atoms. The molecule has 0 spiro atoms. The number of nitrogens with two attached hydrogens (primary N) is 1. The van der Waals surface area contributed by atoms with Crippen LogP contribution in [0.15, 0.2) is 72.8 Å². The second kappa shape index (κ2) is 11.1. The van der Waals surface area contributed by atoms with E-state index in [2.05, 4.69) is 10.4 Å². The number of carbonyl (C=O) groups excluding carboxylic acids is 3. The summed E-state index contributed by atoms with van der Waals surface area (Å²) < 4.78 is 15.7. The van der Waals surface area contributed by atoms with Crippen LogP contribution in [0.25, 0.3) is 10.9 Å². The SMILES string of the molecule is NC(=O)c1nn(CC(=O)N[C@@H](Cc2ccccc2)C(=O)CCc2cccc(Cl)c2F)c2ccccc12. The van der Waals surface area contributed by atoms with Crippen molar-refractivity contribution in [1.29, 1.82) is 0 Å². The number of nitrogens with zero attached hydrogens (tertiary/aromatic N) is 2. The lowest BCUT2D eigenvalue weighted by Crippen LogP contribution is -2.44. The number of hydrogen-bond acceptors (Lipinski definition) is 4. The smallest absolute Gasteiger partial charge is 0.269 e. The van der Waals surface area contributed by atoms with Gasteiger partial charge in [0.2, 0.25) is 5.91 Å². The van der Waals surface area contributed by atoms with E-state index in [-0.39, 0.29) is 42.3 Å². The predicted molar refractivity (Wildman–Crippen MR) is 135 cm³/mol. The first-order chi connectivity index (χ1) is 17.3. The third kappa shape index (κ3) is 5.78. The number of carbonyl (C=O) groups is 3. The number of benzene rings is 3. The minimum atomic E-state index is -0.834. The number of nitrogens with one attached hydrogen (secondary N) is 1. The summed E-state index contributed by atoms with van der Waals surface area (Å²) in [6, 6.07) is 20.1. The first-order valence-electron chi connectivity index (χ1n) is 11.4. The first-order valence-corrected chi connectivity index (χ1v) is 11.8. The fraction of sp³-hybridized carbons (Fsp3) is 0.185. The van der Waals surface area contributed by atoms with Crippen molar-refractivity contribution in [2.24, 2.45) is 5.73 Å². The topological polar surface area (TPSA) is 107 Å². The third-order valence-corrected chi connectivity index (χ3v) is 6.16. The summed E-state index contributed by atoms with van der Waals surface area (Å²) in [7, 11) is 0. The van der Waals surface area contributed by atoms with Crippen LogP contribution in [-0.4, -0.2) is 33.4 Å². The van der Waals surface area contributed by atoms with E-state index in [1.165, 1.54) is 10.7 Å². The lowest BCUT2D eigenvalue weighted by atomic mass is 9.97. The van der Waals surface area contributed by atoms with Crippen molar-refractivity contribution in [3.8, 4) is 0 Å². The number of rotatable bonds is 10. The molecular weight excluding hydrogens is 483 g/mol. The van der Waals surface area contributed by atoms with Crippen LogP contribution >= 0.6 is 11.6 Å². The van der Waals surface area contributed by atoms with Crippen molar-refractivity contribution < 1.29 is 18.8 Å². The molecule has 0 aliphatic heterocycles. The number of para-hydroxylation sites is 1. The highest BCUT2D eigenvalue weighted by Crippen LogP contribution is 2.20. The highest BCUT2D eigenvalue weighted by atomic mass is 35.5. The Bertz CT molecular complexity index is 1420. The zero-order valence-electron chi connectivity index (χ0n) is 19.3. The molecule has 0 aliphatic carbocycles. The maximum Gasteiger partial charge on any atom is 0.269 e. The molecule has 0 bridgehead atoms. The Balaban J connectivity index is 1.51. The Hall–Kier alpha value is -4.04. The number of ketones is 1. The monoisotopic (exact) mass is 506 g/mol. The van der Waals surface area contributed by atoms with E-state index in [1.54, 1.807) is 36.4 Å². The molecule has 4 rings (SSSR count).